The maximum Gasteiger partial charge on any atom is 0.324 e. The molecule has 29 heavy (non-hydrogen) atoms. The molecule has 11 heteroatoms. The van der Waals surface area contributed by atoms with Gasteiger partial charge in [-0.15, -0.1) is 0 Å². The van der Waals surface area contributed by atoms with Gasteiger partial charge in [0.1, 0.15) is 6.54 Å². The highest BCUT2D eigenvalue weighted by Gasteiger charge is 2.28. The number of carbonyl (C=O) groups is 2. The first-order valence-electron chi connectivity index (χ1n) is 8.17. The minimum Gasteiger partial charge on any atom is -0.480 e. The number of benzene rings is 2. The monoisotopic (exact) mass is 455 g/mol. The number of hydrogen-bond acceptors (Lipinski definition) is 4. The summed E-state index contributed by atoms with van der Waals surface area (Å²) in [5, 5.41) is 12.5. The highest BCUT2D eigenvalue weighted by atomic mass is 35.5. The van der Waals surface area contributed by atoms with E-state index < -0.39 is 22.5 Å². The molecule has 1 amide bonds. The molecular formula is C18H15Cl2N3O5S. The van der Waals surface area contributed by atoms with Gasteiger partial charge in [-0.25, -0.2) is 8.42 Å². The molecule has 0 atom stereocenters. The molecule has 2 aromatic carbocycles. The van der Waals surface area contributed by atoms with Gasteiger partial charge in [-0.2, -0.15) is 0 Å². The first-order valence-corrected chi connectivity index (χ1v) is 10.4. The zero-order valence-electron chi connectivity index (χ0n) is 14.9. The second-order valence-corrected chi connectivity index (χ2v) is 8.76. The van der Waals surface area contributed by atoms with Crippen molar-refractivity contribution in [2.45, 2.75) is 4.90 Å². The lowest BCUT2D eigenvalue weighted by atomic mass is 10.1. The SMILES string of the molecule is CNC(=O)c1c[nH]c2cc(N(CC(=O)O)S(=O)(=O)c3cc(Cl)cc(Cl)c3)ccc12. The molecule has 1 heterocycles. The highest BCUT2D eigenvalue weighted by molar-refractivity contribution is 7.92. The van der Waals surface area contributed by atoms with Crippen LogP contribution in [-0.2, 0) is 14.8 Å². The standard InChI is InChI=1S/C18H15Cl2N3O5S/c1-21-18(26)15-8-22-16-7-12(2-3-14(15)16)23(9-17(24)25)29(27,28)13-5-10(19)4-11(20)6-13/h2-8,22H,9H2,1H3,(H,21,26)(H,24,25). The quantitative estimate of drug-likeness (QED) is 0.527. The zero-order valence-corrected chi connectivity index (χ0v) is 17.3. The molecule has 152 valence electrons. The van der Waals surface area contributed by atoms with Gasteiger partial charge in [-0.05, 0) is 36.4 Å². The molecule has 1 aromatic heterocycles. The van der Waals surface area contributed by atoms with E-state index in [0.29, 0.717) is 16.5 Å². The summed E-state index contributed by atoms with van der Waals surface area (Å²) >= 11 is 11.8. The first-order chi connectivity index (χ1) is 13.6. The molecular weight excluding hydrogens is 441 g/mol. The fourth-order valence-electron chi connectivity index (χ4n) is 2.83. The topological polar surface area (TPSA) is 120 Å². The molecule has 0 aliphatic rings. The Kier molecular flexibility index (Phi) is 5.74. The zero-order chi connectivity index (χ0) is 21.3. The minimum atomic E-state index is -4.29. The van der Waals surface area contributed by atoms with Gasteiger partial charge in [0, 0.05) is 34.2 Å². The van der Waals surface area contributed by atoms with Gasteiger partial charge >= 0.3 is 5.97 Å². The number of hydrogen-bond donors (Lipinski definition) is 3. The number of amides is 1. The number of sulfonamides is 1. The van der Waals surface area contributed by atoms with E-state index in [1.54, 1.807) is 6.07 Å². The number of aromatic amines is 1. The number of aliphatic carboxylic acids is 1. The number of carbonyl (C=O) groups excluding carboxylic acids is 1. The third-order valence-corrected chi connectivity index (χ3v) is 6.32. The van der Waals surface area contributed by atoms with E-state index in [4.69, 9.17) is 23.2 Å². The van der Waals surface area contributed by atoms with Gasteiger partial charge in [0.25, 0.3) is 15.9 Å². The number of anilines is 1. The molecule has 3 aromatic rings. The van der Waals surface area contributed by atoms with Gasteiger partial charge in [0.15, 0.2) is 0 Å². The Morgan fingerprint density at radius 1 is 1.14 bits per heavy atom. The third-order valence-electron chi connectivity index (χ3n) is 4.13. The molecule has 3 N–H and O–H groups in total. The van der Waals surface area contributed by atoms with Crippen LogP contribution in [0.1, 0.15) is 10.4 Å². The molecule has 0 aliphatic heterocycles. The summed E-state index contributed by atoms with van der Waals surface area (Å²) in [5.74, 6) is -1.66. The van der Waals surface area contributed by atoms with Crippen molar-refractivity contribution in [2.75, 3.05) is 17.9 Å². The van der Waals surface area contributed by atoms with E-state index in [9.17, 15) is 23.1 Å². The molecule has 0 unspecified atom stereocenters. The second kappa shape index (κ2) is 7.94. The van der Waals surface area contributed by atoms with Crippen LogP contribution in [0.2, 0.25) is 10.0 Å². The molecule has 0 fully saturated rings. The summed E-state index contributed by atoms with van der Waals surface area (Å²) in [6.07, 6.45) is 1.49. The molecule has 0 bridgehead atoms. The van der Waals surface area contributed by atoms with Gasteiger partial charge in [-0.3, -0.25) is 13.9 Å². The molecule has 0 spiro atoms. The van der Waals surface area contributed by atoms with Crippen molar-refractivity contribution >= 4 is 61.7 Å². The summed E-state index contributed by atoms with van der Waals surface area (Å²) in [6.45, 7) is -0.818. The van der Waals surface area contributed by atoms with E-state index in [1.165, 1.54) is 43.6 Å². The molecule has 0 radical (unpaired) electrons. The van der Waals surface area contributed by atoms with E-state index in [2.05, 4.69) is 10.3 Å². The van der Waals surface area contributed by atoms with Crippen molar-refractivity contribution in [2.24, 2.45) is 0 Å². The van der Waals surface area contributed by atoms with Gasteiger partial charge < -0.3 is 15.4 Å². The van der Waals surface area contributed by atoms with Crippen LogP contribution in [0, 0.1) is 0 Å². The minimum absolute atomic E-state index is 0.0984. The van der Waals surface area contributed by atoms with E-state index in [-0.39, 0.29) is 26.5 Å². The Bertz CT molecular complexity index is 1200. The molecule has 0 saturated heterocycles. The molecule has 3 rings (SSSR count). The Balaban J connectivity index is 2.14. The lowest BCUT2D eigenvalue weighted by Gasteiger charge is -2.23. The van der Waals surface area contributed by atoms with Crippen LogP contribution >= 0.6 is 23.2 Å². The fourth-order valence-corrected chi connectivity index (χ4v) is 4.97. The average Bonchev–Trinajstić information content (AvgIpc) is 3.07. The Labute approximate surface area is 176 Å². The maximum absolute atomic E-state index is 13.1. The average molecular weight is 456 g/mol. The fraction of sp³-hybridized carbons (Fsp3) is 0.111. The highest BCUT2D eigenvalue weighted by Crippen LogP contribution is 2.30. The van der Waals surface area contributed by atoms with E-state index in [0.717, 1.165) is 4.31 Å². The summed E-state index contributed by atoms with van der Waals surface area (Å²) in [7, 11) is -2.79. The van der Waals surface area contributed by atoms with Gasteiger partial charge in [0.2, 0.25) is 0 Å². The predicted molar refractivity (Wildman–Crippen MR) is 110 cm³/mol. The van der Waals surface area contributed by atoms with Crippen molar-refractivity contribution in [1.82, 2.24) is 10.3 Å². The van der Waals surface area contributed by atoms with E-state index >= 15 is 0 Å². The third kappa shape index (κ3) is 4.16. The number of nitrogens with one attached hydrogen (secondary N) is 2. The van der Waals surface area contributed by atoms with Crippen LogP contribution in [0.3, 0.4) is 0 Å². The number of fused-ring (bicyclic) bond motifs is 1. The number of H-pyrrole nitrogens is 1. The van der Waals surface area contributed by atoms with Crippen LogP contribution in [0.25, 0.3) is 10.9 Å². The lowest BCUT2D eigenvalue weighted by molar-refractivity contribution is -0.135. The predicted octanol–water partition coefficient (Wildman–Crippen LogP) is 3.11. The number of carboxylic acids is 1. The largest absolute Gasteiger partial charge is 0.480 e. The first kappa shape index (κ1) is 21.0. The number of aromatic nitrogens is 1. The number of rotatable bonds is 6. The van der Waals surface area contributed by atoms with Crippen molar-refractivity contribution in [3.05, 3.63) is 58.2 Å². The molecule has 0 saturated carbocycles. The second-order valence-electron chi connectivity index (χ2n) is 6.02. The Hall–Kier alpha value is -2.75. The summed E-state index contributed by atoms with van der Waals surface area (Å²) in [6, 6.07) is 8.17. The normalized spacial score (nSPS) is 11.4. The Morgan fingerprint density at radius 2 is 1.79 bits per heavy atom. The molecule has 0 aliphatic carbocycles. The lowest BCUT2D eigenvalue weighted by Crippen LogP contribution is -2.35. The van der Waals surface area contributed by atoms with Crippen LogP contribution in [0.15, 0.2) is 47.5 Å². The van der Waals surface area contributed by atoms with Crippen LogP contribution in [0.5, 0.6) is 0 Å². The van der Waals surface area contributed by atoms with Crippen molar-refractivity contribution in [3.8, 4) is 0 Å². The number of halogens is 2. The van der Waals surface area contributed by atoms with Crippen molar-refractivity contribution in [1.29, 1.82) is 0 Å². The van der Waals surface area contributed by atoms with Gasteiger partial charge in [-0.1, -0.05) is 23.2 Å². The van der Waals surface area contributed by atoms with Gasteiger partial charge in [0.05, 0.1) is 16.1 Å². The van der Waals surface area contributed by atoms with Crippen LogP contribution in [0.4, 0.5) is 5.69 Å². The van der Waals surface area contributed by atoms with Crippen LogP contribution in [-0.4, -0.2) is 44.0 Å². The van der Waals surface area contributed by atoms with Crippen LogP contribution < -0.4 is 9.62 Å². The Morgan fingerprint density at radius 3 is 2.38 bits per heavy atom. The maximum atomic E-state index is 13.1. The van der Waals surface area contributed by atoms with Crippen molar-refractivity contribution < 1.29 is 23.1 Å². The number of carboxylic acid groups (broad SMARTS) is 1. The molecule has 8 nitrogen and oxygen atoms in total. The summed E-state index contributed by atoms with van der Waals surface area (Å²) in [4.78, 5) is 25.9. The summed E-state index contributed by atoms with van der Waals surface area (Å²) < 4.78 is 27.0. The summed E-state index contributed by atoms with van der Waals surface area (Å²) in [5.41, 5.74) is 0.945. The van der Waals surface area contributed by atoms with E-state index in [1.807, 2.05) is 0 Å². The number of nitrogens with zero attached hydrogens (tertiary/aromatic N) is 1. The smallest absolute Gasteiger partial charge is 0.324 e. The van der Waals surface area contributed by atoms with Crippen molar-refractivity contribution in [3.63, 3.8) is 0 Å².